The summed E-state index contributed by atoms with van der Waals surface area (Å²) in [6.45, 7) is 12.5. The van der Waals surface area contributed by atoms with Gasteiger partial charge in [0, 0.05) is 61.6 Å². The number of nitrogens with one attached hydrogen (secondary N) is 1. The Morgan fingerprint density at radius 3 is 2.60 bits per heavy atom. The maximum absolute atomic E-state index is 12.4. The van der Waals surface area contributed by atoms with Gasteiger partial charge in [0.15, 0.2) is 5.76 Å². The normalized spacial score (nSPS) is 20.4. The van der Waals surface area contributed by atoms with Crippen LogP contribution in [0.5, 0.6) is 0 Å². The second-order valence-corrected chi connectivity index (χ2v) is 12.8. The molecule has 240 valence electrons. The summed E-state index contributed by atoms with van der Waals surface area (Å²) in [5.41, 5.74) is 1.72. The third-order valence-electron chi connectivity index (χ3n) is 8.10. The molecule has 5 atom stereocenters. The smallest absolute Gasteiger partial charge is 0.407 e. The van der Waals surface area contributed by atoms with E-state index in [4.69, 9.17) is 14.0 Å². The van der Waals surface area contributed by atoms with Crippen LogP contribution in [-0.2, 0) is 14.3 Å². The number of hydrogen-bond donors (Lipinski definition) is 2. The molecular formula is C34H43N5O6. The summed E-state index contributed by atoms with van der Waals surface area (Å²) in [6.07, 6.45) is 3.29. The van der Waals surface area contributed by atoms with Crippen LogP contribution in [0.1, 0.15) is 76.7 Å². The van der Waals surface area contributed by atoms with E-state index in [2.05, 4.69) is 32.2 Å². The Labute approximate surface area is 264 Å². The van der Waals surface area contributed by atoms with E-state index in [9.17, 15) is 14.7 Å². The van der Waals surface area contributed by atoms with E-state index in [0.717, 1.165) is 37.2 Å². The van der Waals surface area contributed by atoms with Crippen LogP contribution in [0.2, 0.25) is 0 Å². The molecule has 1 saturated carbocycles. The minimum atomic E-state index is -0.819. The minimum absolute atomic E-state index is 0.113. The molecule has 3 heterocycles. The number of ether oxygens (including phenoxy) is 2. The maximum atomic E-state index is 12.4. The number of aliphatic hydroxyl groups excluding tert-OH is 1. The SMILES string of the molecule is CCOC(=O)CCCN1C[C@@H]2[C@H](C#Cc3ccc(-c4cc([C@@H](CNC(=O)OC(C)(C)C)n5ccnc5[C@H](C)O)no4)cc3)[C@@H]2C1. The van der Waals surface area contributed by atoms with Crippen molar-refractivity contribution in [3.63, 3.8) is 0 Å². The Bertz CT molecular complexity index is 1510. The first-order valence-corrected chi connectivity index (χ1v) is 15.7. The number of piperidine rings is 1. The van der Waals surface area contributed by atoms with Gasteiger partial charge >= 0.3 is 12.1 Å². The van der Waals surface area contributed by atoms with Crippen LogP contribution < -0.4 is 5.32 Å². The summed E-state index contributed by atoms with van der Waals surface area (Å²) in [7, 11) is 0. The number of aromatic nitrogens is 3. The van der Waals surface area contributed by atoms with Gasteiger partial charge in [-0.25, -0.2) is 9.78 Å². The Kier molecular flexibility index (Phi) is 9.95. The quantitative estimate of drug-likeness (QED) is 0.234. The average molecular weight is 618 g/mol. The third kappa shape index (κ3) is 8.32. The summed E-state index contributed by atoms with van der Waals surface area (Å²) < 4.78 is 17.9. The molecule has 1 aromatic carbocycles. The van der Waals surface area contributed by atoms with Crippen molar-refractivity contribution in [2.24, 2.45) is 17.8 Å². The molecular weight excluding hydrogens is 574 g/mol. The molecule has 0 spiro atoms. The first-order chi connectivity index (χ1) is 21.5. The van der Waals surface area contributed by atoms with Crippen LogP contribution in [0.15, 0.2) is 47.2 Å². The van der Waals surface area contributed by atoms with Crippen molar-refractivity contribution in [3.05, 3.63) is 59.8 Å². The predicted molar refractivity (Wildman–Crippen MR) is 167 cm³/mol. The maximum Gasteiger partial charge on any atom is 0.407 e. The molecule has 2 aliphatic rings. The second-order valence-electron chi connectivity index (χ2n) is 12.8. The molecule has 0 bridgehead atoms. The van der Waals surface area contributed by atoms with Gasteiger partial charge in [-0.05, 0) is 83.7 Å². The van der Waals surface area contributed by atoms with Gasteiger partial charge in [0.05, 0.1) is 12.6 Å². The highest BCUT2D eigenvalue weighted by atomic mass is 16.6. The van der Waals surface area contributed by atoms with Crippen LogP contribution in [0, 0.1) is 29.6 Å². The zero-order valence-corrected chi connectivity index (χ0v) is 26.7. The van der Waals surface area contributed by atoms with Gasteiger partial charge in [-0.2, -0.15) is 0 Å². The summed E-state index contributed by atoms with van der Waals surface area (Å²) in [4.78, 5) is 30.7. The lowest BCUT2D eigenvalue weighted by Gasteiger charge is -2.23. The van der Waals surface area contributed by atoms with Gasteiger partial charge in [0.25, 0.3) is 0 Å². The molecule has 0 radical (unpaired) electrons. The zero-order chi connectivity index (χ0) is 32.1. The molecule has 1 amide bonds. The highest BCUT2D eigenvalue weighted by Crippen LogP contribution is 2.51. The average Bonchev–Trinajstić information content (AvgIpc) is 3.48. The number of benzene rings is 1. The van der Waals surface area contributed by atoms with E-state index in [0.29, 0.717) is 48.1 Å². The number of fused-ring (bicyclic) bond motifs is 1. The van der Waals surface area contributed by atoms with Crippen molar-refractivity contribution in [2.45, 2.75) is 65.2 Å². The fourth-order valence-electron chi connectivity index (χ4n) is 5.91. The topological polar surface area (TPSA) is 132 Å². The van der Waals surface area contributed by atoms with Crippen LogP contribution >= 0.6 is 0 Å². The second kappa shape index (κ2) is 13.9. The van der Waals surface area contributed by atoms with E-state index >= 15 is 0 Å². The largest absolute Gasteiger partial charge is 0.466 e. The number of hydrogen-bond acceptors (Lipinski definition) is 9. The van der Waals surface area contributed by atoms with Gasteiger partial charge in [0.1, 0.15) is 23.2 Å². The Morgan fingerprint density at radius 1 is 1.20 bits per heavy atom. The van der Waals surface area contributed by atoms with Crippen LogP contribution in [-0.4, -0.2) is 75.2 Å². The van der Waals surface area contributed by atoms with Crippen molar-refractivity contribution >= 4 is 12.1 Å². The molecule has 1 aliphatic heterocycles. The third-order valence-corrected chi connectivity index (χ3v) is 8.10. The van der Waals surface area contributed by atoms with Gasteiger partial charge in [-0.3, -0.25) is 4.79 Å². The van der Waals surface area contributed by atoms with E-state index in [1.807, 2.05) is 37.3 Å². The number of nitrogens with zero attached hydrogens (tertiary/aromatic N) is 4. The lowest BCUT2D eigenvalue weighted by atomic mass is 10.1. The standard InChI is InChI=1S/C34H43N5O6/c1-6-43-31(41)8-7-16-38-20-26-25(27(26)21-38)14-11-23-9-12-24(13-10-23)30-18-28(37-45-30)29(19-36-33(42)44-34(3,4)5)39-17-15-35-32(39)22(2)40/h9-10,12-13,15,17-18,22,25-27,29,40H,6-8,16,19-21H2,1-5H3,(H,36,42)/t22-,25-,26+,27-,29+/m0/s1. The number of likely N-dealkylation sites (tertiary alicyclic amines) is 1. The van der Waals surface area contributed by atoms with Gasteiger partial charge in [0.2, 0.25) is 0 Å². The number of alkyl carbamates (subject to hydrolysis) is 1. The van der Waals surface area contributed by atoms with E-state index < -0.39 is 23.8 Å². The summed E-state index contributed by atoms with van der Waals surface area (Å²) >= 11 is 0. The minimum Gasteiger partial charge on any atom is -0.466 e. The molecule has 11 heteroatoms. The number of carbonyl (C=O) groups excluding carboxylic acids is 2. The van der Waals surface area contributed by atoms with E-state index in [1.165, 1.54) is 0 Å². The van der Waals surface area contributed by atoms with Crippen molar-refractivity contribution in [2.75, 3.05) is 32.8 Å². The van der Waals surface area contributed by atoms with Crippen LogP contribution in [0.25, 0.3) is 11.3 Å². The zero-order valence-electron chi connectivity index (χ0n) is 26.7. The highest BCUT2D eigenvalue weighted by Gasteiger charge is 2.54. The van der Waals surface area contributed by atoms with Crippen molar-refractivity contribution in [1.29, 1.82) is 0 Å². The van der Waals surface area contributed by atoms with Crippen LogP contribution in [0.3, 0.4) is 0 Å². The summed E-state index contributed by atoms with van der Waals surface area (Å²) in [6, 6.07) is 9.22. The number of imidazole rings is 1. The molecule has 3 aromatic rings. The van der Waals surface area contributed by atoms with Gasteiger partial charge in [-0.1, -0.05) is 17.0 Å². The Hall–Kier alpha value is -4.14. The van der Waals surface area contributed by atoms with Crippen molar-refractivity contribution < 1.29 is 28.7 Å². The van der Waals surface area contributed by atoms with Crippen LogP contribution in [0.4, 0.5) is 4.79 Å². The lowest BCUT2D eigenvalue weighted by molar-refractivity contribution is -0.143. The molecule has 1 aliphatic carbocycles. The summed E-state index contributed by atoms with van der Waals surface area (Å²) in [5, 5.41) is 17.4. The lowest BCUT2D eigenvalue weighted by Crippen LogP contribution is -2.36. The first-order valence-electron chi connectivity index (χ1n) is 15.7. The molecule has 5 rings (SSSR count). The number of esters is 1. The number of amides is 1. The van der Waals surface area contributed by atoms with Crippen molar-refractivity contribution in [1.82, 2.24) is 24.9 Å². The van der Waals surface area contributed by atoms with Crippen molar-refractivity contribution in [3.8, 4) is 23.2 Å². The van der Waals surface area contributed by atoms with E-state index in [1.54, 1.807) is 44.7 Å². The number of carbonyl (C=O) groups is 2. The fourth-order valence-corrected chi connectivity index (χ4v) is 5.91. The molecule has 0 unspecified atom stereocenters. The molecule has 2 N–H and O–H groups in total. The molecule has 2 aromatic heterocycles. The Morgan fingerprint density at radius 2 is 1.93 bits per heavy atom. The molecule has 1 saturated heterocycles. The number of rotatable bonds is 11. The number of aliphatic hydroxyl groups is 1. The monoisotopic (exact) mass is 617 g/mol. The van der Waals surface area contributed by atoms with E-state index in [-0.39, 0.29) is 12.5 Å². The predicted octanol–water partition coefficient (Wildman–Crippen LogP) is 4.58. The Balaban J connectivity index is 1.19. The molecule has 11 nitrogen and oxygen atoms in total. The first kappa shape index (κ1) is 32.3. The summed E-state index contributed by atoms with van der Waals surface area (Å²) in [5.74, 6) is 9.39. The molecule has 45 heavy (non-hydrogen) atoms. The van der Waals surface area contributed by atoms with Gasteiger partial charge in [-0.15, -0.1) is 0 Å². The fraction of sp³-hybridized carbons (Fsp3) is 0.529. The van der Waals surface area contributed by atoms with Gasteiger partial charge < -0.3 is 33.9 Å². The highest BCUT2D eigenvalue weighted by molar-refractivity contribution is 5.69. The molecule has 2 fully saturated rings.